The fraction of sp³-hybridized carbons (Fsp3) is 0.214. The molecule has 34 heavy (non-hydrogen) atoms. The molecule has 0 bridgehead atoms. The Bertz CT molecular complexity index is 1400. The Labute approximate surface area is 204 Å². The Balaban J connectivity index is 1.43. The van der Waals surface area contributed by atoms with Gasteiger partial charge in [-0.25, -0.2) is 0 Å². The molecule has 5 aromatic rings. The van der Waals surface area contributed by atoms with Crippen LogP contribution in [0.2, 0.25) is 0 Å². The Hall–Kier alpha value is -3.35. The zero-order chi connectivity index (χ0) is 23.5. The first-order valence-corrected chi connectivity index (χ1v) is 12.5. The lowest BCUT2D eigenvalue weighted by Crippen LogP contribution is -2.20. The average molecular weight is 468 g/mol. The molecule has 6 heteroatoms. The Kier molecular flexibility index (Phi) is 6.52. The van der Waals surface area contributed by atoms with E-state index in [1.807, 2.05) is 6.07 Å². The average Bonchev–Trinajstić information content (AvgIpc) is 3.43. The summed E-state index contributed by atoms with van der Waals surface area (Å²) in [7, 11) is 0. The molecule has 5 rings (SSSR count). The van der Waals surface area contributed by atoms with E-state index in [1.165, 1.54) is 33.2 Å². The Morgan fingerprint density at radius 3 is 2.56 bits per heavy atom. The fourth-order valence-corrected chi connectivity index (χ4v) is 5.17. The summed E-state index contributed by atoms with van der Waals surface area (Å²) in [6.45, 7) is 4.92. The first kappa shape index (κ1) is 22.4. The highest BCUT2D eigenvalue weighted by atomic mass is 32.2. The number of nitrogens with zero attached hydrogens (tertiary/aromatic N) is 3. The van der Waals surface area contributed by atoms with Crippen molar-refractivity contribution < 1.29 is 0 Å². The largest absolute Gasteiger partial charge is 0.361 e. The van der Waals surface area contributed by atoms with Gasteiger partial charge in [0.15, 0.2) is 11.0 Å². The van der Waals surface area contributed by atoms with Crippen molar-refractivity contribution in [2.75, 3.05) is 0 Å². The van der Waals surface area contributed by atoms with Gasteiger partial charge in [-0.1, -0.05) is 89.6 Å². The van der Waals surface area contributed by atoms with Crippen molar-refractivity contribution in [1.29, 1.82) is 0 Å². The maximum atomic E-state index is 6.75. The molecule has 2 heterocycles. The lowest BCUT2D eigenvalue weighted by atomic mass is 10.0. The summed E-state index contributed by atoms with van der Waals surface area (Å²) in [4.78, 5) is 3.35. The molecule has 0 saturated carbocycles. The van der Waals surface area contributed by atoms with Crippen LogP contribution in [0, 0.1) is 13.8 Å². The third kappa shape index (κ3) is 4.93. The number of aromatic nitrogens is 4. The van der Waals surface area contributed by atoms with Crippen LogP contribution in [-0.2, 0) is 18.7 Å². The first-order chi connectivity index (χ1) is 16.6. The predicted molar refractivity (Wildman–Crippen MR) is 140 cm³/mol. The summed E-state index contributed by atoms with van der Waals surface area (Å²) >= 11 is 1.71. The molecule has 0 aliphatic carbocycles. The smallest absolute Gasteiger partial charge is 0.191 e. The molecule has 3 aromatic carbocycles. The van der Waals surface area contributed by atoms with E-state index in [9.17, 15) is 0 Å². The molecule has 0 aliphatic rings. The summed E-state index contributed by atoms with van der Waals surface area (Å²) in [5.74, 6) is 1.66. The minimum absolute atomic E-state index is 0.259. The summed E-state index contributed by atoms with van der Waals surface area (Å²) in [5, 5.41) is 11.2. The zero-order valence-electron chi connectivity index (χ0n) is 19.5. The van der Waals surface area contributed by atoms with Crippen molar-refractivity contribution in [2.45, 2.75) is 43.8 Å². The minimum atomic E-state index is -0.259. The van der Waals surface area contributed by atoms with Crippen molar-refractivity contribution in [2.24, 2.45) is 5.73 Å². The summed E-state index contributed by atoms with van der Waals surface area (Å²) in [6.07, 6.45) is 2.75. The molecule has 3 N–H and O–H groups in total. The zero-order valence-corrected chi connectivity index (χ0v) is 20.3. The van der Waals surface area contributed by atoms with Crippen molar-refractivity contribution in [3.05, 3.63) is 113 Å². The van der Waals surface area contributed by atoms with Gasteiger partial charge in [0.1, 0.15) is 0 Å². The van der Waals surface area contributed by atoms with Crippen molar-refractivity contribution in [1.82, 2.24) is 19.7 Å². The van der Waals surface area contributed by atoms with Crippen LogP contribution in [0.25, 0.3) is 10.9 Å². The lowest BCUT2D eigenvalue weighted by Gasteiger charge is -2.15. The number of hydrogen-bond donors (Lipinski definition) is 2. The Morgan fingerprint density at radius 1 is 0.912 bits per heavy atom. The molecule has 0 aliphatic heterocycles. The van der Waals surface area contributed by atoms with E-state index in [1.54, 1.807) is 11.8 Å². The number of fused-ring (bicyclic) bond motifs is 1. The van der Waals surface area contributed by atoms with Crippen molar-refractivity contribution in [3.63, 3.8) is 0 Å². The highest BCUT2D eigenvalue weighted by molar-refractivity contribution is 7.98. The summed E-state index contributed by atoms with van der Waals surface area (Å²) in [5.41, 5.74) is 14.1. The molecule has 1 atom stereocenters. The summed E-state index contributed by atoms with van der Waals surface area (Å²) < 4.78 is 2.19. The van der Waals surface area contributed by atoms with Gasteiger partial charge in [-0.05, 0) is 43.0 Å². The second-order valence-corrected chi connectivity index (χ2v) is 9.80. The van der Waals surface area contributed by atoms with Gasteiger partial charge in [-0.2, -0.15) is 0 Å². The topological polar surface area (TPSA) is 72.5 Å². The van der Waals surface area contributed by atoms with Crippen LogP contribution in [0.1, 0.15) is 39.7 Å². The van der Waals surface area contributed by atoms with Gasteiger partial charge < -0.3 is 15.3 Å². The SMILES string of the molecule is Cc1ccc(Cn2c(SCc3cccc(C)c3)nnc2C(N)Cc2c[nH]c3ccccc23)cc1. The van der Waals surface area contributed by atoms with Crippen LogP contribution < -0.4 is 5.73 Å². The van der Waals surface area contributed by atoms with Gasteiger partial charge in [-0.15, -0.1) is 10.2 Å². The highest BCUT2D eigenvalue weighted by Crippen LogP contribution is 2.28. The molecular formula is C28H29N5S. The number of thioether (sulfide) groups is 1. The highest BCUT2D eigenvalue weighted by Gasteiger charge is 2.20. The normalized spacial score (nSPS) is 12.3. The second-order valence-electron chi connectivity index (χ2n) is 8.86. The second kappa shape index (κ2) is 9.87. The van der Waals surface area contributed by atoms with Gasteiger partial charge in [0.25, 0.3) is 0 Å². The van der Waals surface area contributed by atoms with Crippen molar-refractivity contribution in [3.8, 4) is 0 Å². The predicted octanol–water partition coefficient (Wildman–Crippen LogP) is 5.96. The van der Waals surface area contributed by atoms with Crippen LogP contribution in [0.15, 0.2) is 84.1 Å². The molecule has 0 fully saturated rings. The number of benzene rings is 3. The molecule has 1 unspecified atom stereocenters. The first-order valence-electron chi connectivity index (χ1n) is 11.5. The van der Waals surface area contributed by atoms with E-state index in [2.05, 4.69) is 107 Å². The molecule has 0 amide bonds. The lowest BCUT2D eigenvalue weighted by molar-refractivity contribution is 0.589. The van der Waals surface area contributed by atoms with Gasteiger partial charge in [0.2, 0.25) is 0 Å². The molecule has 5 nitrogen and oxygen atoms in total. The molecular weight excluding hydrogens is 438 g/mol. The third-order valence-corrected chi connectivity index (χ3v) is 7.14. The third-order valence-electron chi connectivity index (χ3n) is 6.10. The number of para-hydroxylation sites is 1. The van der Waals surface area contributed by atoms with Crippen LogP contribution in [0.3, 0.4) is 0 Å². The van der Waals surface area contributed by atoms with E-state index in [0.29, 0.717) is 13.0 Å². The minimum Gasteiger partial charge on any atom is -0.361 e. The van der Waals surface area contributed by atoms with Crippen LogP contribution in [-0.4, -0.2) is 19.7 Å². The number of H-pyrrole nitrogens is 1. The standard InChI is InChI=1S/C28H29N5S/c1-19-10-12-21(13-11-19)17-33-27(25(29)15-23-16-30-26-9-4-3-8-24(23)26)31-32-28(33)34-18-22-7-5-6-20(2)14-22/h3-14,16,25,30H,15,17-18,29H2,1-2H3. The van der Waals surface area contributed by atoms with E-state index in [4.69, 9.17) is 5.73 Å². The van der Waals surface area contributed by atoms with Gasteiger partial charge >= 0.3 is 0 Å². The Morgan fingerprint density at radius 2 is 1.74 bits per heavy atom. The van der Waals surface area contributed by atoms with Gasteiger partial charge in [0.05, 0.1) is 12.6 Å². The van der Waals surface area contributed by atoms with E-state index >= 15 is 0 Å². The number of aryl methyl sites for hydroxylation is 2. The van der Waals surface area contributed by atoms with E-state index in [0.717, 1.165) is 22.3 Å². The summed E-state index contributed by atoms with van der Waals surface area (Å²) in [6, 6.07) is 25.3. The van der Waals surface area contributed by atoms with Crippen LogP contribution in [0.5, 0.6) is 0 Å². The van der Waals surface area contributed by atoms with Crippen molar-refractivity contribution >= 4 is 22.7 Å². The number of hydrogen-bond acceptors (Lipinski definition) is 4. The van der Waals surface area contributed by atoms with Gasteiger partial charge in [-0.3, -0.25) is 0 Å². The molecule has 0 radical (unpaired) electrons. The van der Waals surface area contributed by atoms with Gasteiger partial charge in [0, 0.05) is 22.9 Å². The van der Waals surface area contributed by atoms with Crippen LogP contribution >= 0.6 is 11.8 Å². The number of aromatic amines is 1. The fourth-order valence-electron chi connectivity index (χ4n) is 4.28. The number of nitrogens with one attached hydrogen (secondary N) is 1. The molecule has 2 aromatic heterocycles. The molecule has 0 saturated heterocycles. The maximum absolute atomic E-state index is 6.75. The van der Waals surface area contributed by atoms with E-state index in [-0.39, 0.29) is 6.04 Å². The molecule has 172 valence electrons. The van der Waals surface area contributed by atoms with E-state index < -0.39 is 0 Å². The number of rotatable bonds is 8. The molecule has 0 spiro atoms. The quantitative estimate of drug-likeness (QED) is 0.276. The van der Waals surface area contributed by atoms with Crippen LogP contribution in [0.4, 0.5) is 0 Å². The maximum Gasteiger partial charge on any atom is 0.191 e. The number of nitrogens with two attached hydrogens (primary N) is 1. The monoisotopic (exact) mass is 467 g/mol.